The lowest BCUT2D eigenvalue weighted by atomic mass is 10.2. The number of para-hydroxylation sites is 1. The average molecular weight is 331 g/mol. The van der Waals surface area contributed by atoms with Crippen molar-refractivity contribution in [2.45, 2.75) is 6.10 Å². The van der Waals surface area contributed by atoms with Crippen LogP contribution in [0.1, 0.15) is 10.6 Å². The number of nitrogens with zero attached hydrogens (tertiary/aromatic N) is 3. The predicted molar refractivity (Wildman–Crippen MR) is 84.1 cm³/mol. The molecule has 0 aliphatic carbocycles. The van der Waals surface area contributed by atoms with Gasteiger partial charge in [0.15, 0.2) is 5.13 Å². The zero-order valence-corrected chi connectivity index (χ0v) is 13.1. The van der Waals surface area contributed by atoms with Gasteiger partial charge in [0.25, 0.3) is 0 Å². The van der Waals surface area contributed by atoms with Crippen LogP contribution in [0.4, 0.5) is 5.13 Å². The lowest BCUT2D eigenvalue weighted by Gasteiger charge is -2.37. The molecule has 3 heterocycles. The summed E-state index contributed by atoms with van der Waals surface area (Å²) in [5.74, 6) is 0.394. The number of aromatic nitrogens is 2. The molecule has 7 nitrogen and oxygen atoms in total. The second-order valence-electron chi connectivity index (χ2n) is 5.11. The van der Waals surface area contributed by atoms with Crippen molar-refractivity contribution in [3.05, 3.63) is 36.2 Å². The number of carbonyl (C=O) groups excluding carboxylic acids is 1. The number of rotatable bonds is 4. The van der Waals surface area contributed by atoms with Crippen molar-refractivity contribution in [1.82, 2.24) is 10.1 Å². The van der Waals surface area contributed by atoms with E-state index in [9.17, 15) is 4.79 Å². The fraction of sp³-hybridized carbons (Fsp3) is 0.267. The maximum Gasteiger partial charge on any atom is 0.377 e. The normalized spacial score (nSPS) is 14.7. The maximum atomic E-state index is 11.8. The van der Waals surface area contributed by atoms with Gasteiger partial charge in [-0.1, -0.05) is 22.6 Å². The van der Waals surface area contributed by atoms with Gasteiger partial charge < -0.3 is 18.9 Å². The summed E-state index contributed by atoms with van der Waals surface area (Å²) < 4.78 is 16.5. The highest BCUT2D eigenvalue weighted by Gasteiger charge is 2.33. The fourth-order valence-electron chi connectivity index (χ4n) is 2.41. The molecule has 0 bridgehead atoms. The molecule has 0 N–H and O–H groups in total. The second kappa shape index (κ2) is 5.54. The Morgan fingerprint density at radius 3 is 3.00 bits per heavy atom. The summed E-state index contributed by atoms with van der Waals surface area (Å²) in [7, 11) is 1.64. The van der Waals surface area contributed by atoms with E-state index in [4.69, 9.17) is 14.0 Å². The Bertz CT molecular complexity index is 840. The van der Waals surface area contributed by atoms with Crippen LogP contribution in [-0.4, -0.2) is 42.4 Å². The molecule has 0 radical (unpaired) electrons. The molecule has 1 fully saturated rings. The van der Waals surface area contributed by atoms with E-state index in [0.717, 1.165) is 21.1 Å². The van der Waals surface area contributed by atoms with Crippen LogP contribution in [0.2, 0.25) is 0 Å². The zero-order valence-electron chi connectivity index (χ0n) is 12.3. The van der Waals surface area contributed by atoms with Crippen molar-refractivity contribution in [1.29, 1.82) is 0 Å². The maximum absolute atomic E-state index is 11.8. The fourth-order valence-corrected chi connectivity index (χ4v) is 3.41. The van der Waals surface area contributed by atoms with Crippen molar-refractivity contribution in [2.24, 2.45) is 0 Å². The van der Waals surface area contributed by atoms with Crippen LogP contribution < -0.4 is 9.64 Å². The lowest BCUT2D eigenvalue weighted by Crippen LogP contribution is -2.53. The van der Waals surface area contributed by atoms with Crippen LogP contribution in [0, 0.1) is 0 Å². The van der Waals surface area contributed by atoms with Crippen LogP contribution in [0.3, 0.4) is 0 Å². The number of fused-ring (bicyclic) bond motifs is 1. The van der Waals surface area contributed by atoms with Crippen LogP contribution in [0.5, 0.6) is 5.75 Å². The number of ether oxygens (including phenoxy) is 2. The number of carbonyl (C=O) groups is 1. The quantitative estimate of drug-likeness (QED) is 0.679. The molecular weight excluding hydrogens is 318 g/mol. The first-order valence-electron chi connectivity index (χ1n) is 7.05. The van der Waals surface area contributed by atoms with Gasteiger partial charge in [-0.3, -0.25) is 0 Å². The third kappa shape index (κ3) is 2.50. The smallest absolute Gasteiger partial charge is 0.377 e. The molecule has 0 spiro atoms. The van der Waals surface area contributed by atoms with E-state index in [-0.39, 0.29) is 11.9 Å². The van der Waals surface area contributed by atoms with Crippen LogP contribution in [-0.2, 0) is 4.74 Å². The summed E-state index contributed by atoms with van der Waals surface area (Å²) in [6.07, 6.45) is 1.25. The SMILES string of the molecule is COc1cccc2sc(N3CC(OC(=O)c4ccno4)C3)nc12. The second-order valence-corrected chi connectivity index (χ2v) is 6.12. The van der Waals surface area contributed by atoms with Crippen molar-refractivity contribution in [2.75, 3.05) is 25.1 Å². The van der Waals surface area contributed by atoms with Crippen molar-refractivity contribution in [3.8, 4) is 5.75 Å². The van der Waals surface area contributed by atoms with Gasteiger partial charge in [-0.15, -0.1) is 0 Å². The number of anilines is 1. The van der Waals surface area contributed by atoms with Gasteiger partial charge in [-0.05, 0) is 12.1 Å². The minimum absolute atomic E-state index is 0.119. The monoisotopic (exact) mass is 331 g/mol. The minimum Gasteiger partial charge on any atom is -0.494 e. The predicted octanol–water partition coefficient (Wildman–Crippen LogP) is 2.34. The van der Waals surface area contributed by atoms with E-state index in [2.05, 4.69) is 15.0 Å². The molecule has 0 amide bonds. The van der Waals surface area contributed by atoms with E-state index in [1.54, 1.807) is 18.4 Å². The van der Waals surface area contributed by atoms with Gasteiger partial charge in [-0.2, -0.15) is 0 Å². The summed E-state index contributed by atoms with van der Waals surface area (Å²) in [6.45, 7) is 1.23. The standard InChI is InChI=1S/C15H13N3O4S/c1-20-10-3-2-4-12-13(10)17-15(23-12)18-7-9(8-18)21-14(19)11-5-6-16-22-11/h2-6,9H,7-8H2,1H3. The van der Waals surface area contributed by atoms with E-state index >= 15 is 0 Å². The molecule has 1 aliphatic rings. The van der Waals surface area contributed by atoms with Gasteiger partial charge in [-0.25, -0.2) is 9.78 Å². The third-order valence-corrected chi connectivity index (χ3v) is 4.70. The Kier molecular flexibility index (Phi) is 3.38. The number of thiazole rings is 1. The highest BCUT2D eigenvalue weighted by molar-refractivity contribution is 7.22. The molecule has 0 unspecified atom stereocenters. The molecule has 3 aromatic rings. The van der Waals surface area contributed by atoms with Gasteiger partial charge in [0.05, 0.1) is 31.1 Å². The number of benzene rings is 1. The van der Waals surface area contributed by atoms with Crippen LogP contribution in [0.25, 0.3) is 10.2 Å². The van der Waals surface area contributed by atoms with Gasteiger partial charge in [0, 0.05) is 6.07 Å². The van der Waals surface area contributed by atoms with Crippen molar-refractivity contribution >= 4 is 32.7 Å². The lowest BCUT2D eigenvalue weighted by molar-refractivity contribution is 0.0190. The van der Waals surface area contributed by atoms with E-state index in [0.29, 0.717) is 13.1 Å². The molecule has 1 aromatic carbocycles. The van der Waals surface area contributed by atoms with Crippen molar-refractivity contribution < 1.29 is 18.8 Å². The first kappa shape index (κ1) is 14.0. The largest absolute Gasteiger partial charge is 0.494 e. The molecule has 1 aliphatic heterocycles. The molecule has 1 saturated heterocycles. The van der Waals surface area contributed by atoms with E-state index in [1.807, 2.05) is 18.2 Å². The number of esters is 1. The Hall–Kier alpha value is -2.61. The molecule has 118 valence electrons. The van der Waals surface area contributed by atoms with Crippen molar-refractivity contribution in [3.63, 3.8) is 0 Å². The first-order chi connectivity index (χ1) is 11.2. The average Bonchev–Trinajstić information content (AvgIpc) is 3.18. The summed E-state index contributed by atoms with van der Waals surface area (Å²) in [5.41, 5.74) is 0.858. The third-order valence-electron chi connectivity index (χ3n) is 3.62. The molecule has 0 atom stereocenters. The molecule has 2 aromatic heterocycles. The van der Waals surface area contributed by atoms with Crippen LogP contribution in [0.15, 0.2) is 35.0 Å². The van der Waals surface area contributed by atoms with Gasteiger partial charge in [0.1, 0.15) is 17.4 Å². The van der Waals surface area contributed by atoms with E-state index < -0.39 is 5.97 Å². The highest BCUT2D eigenvalue weighted by atomic mass is 32.1. The summed E-state index contributed by atoms with van der Waals surface area (Å²) >= 11 is 1.60. The topological polar surface area (TPSA) is 77.7 Å². The molecular formula is C15H13N3O4S. The number of methoxy groups -OCH3 is 1. The first-order valence-corrected chi connectivity index (χ1v) is 7.86. The molecule has 8 heteroatoms. The summed E-state index contributed by atoms with van der Waals surface area (Å²) in [4.78, 5) is 18.5. The highest BCUT2D eigenvalue weighted by Crippen LogP contribution is 2.35. The Labute approximate surface area is 135 Å². The molecule has 23 heavy (non-hydrogen) atoms. The zero-order chi connectivity index (χ0) is 15.8. The van der Waals surface area contributed by atoms with Crippen LogP contribution >= 0.6 is 11.3 Å². The minimum atomic E-state index is -0.488. The van der Waals surface area contributed by atoms with E-state index in [1.165, 1.54) is 12.3 Å². The Morgan fingerprint density at radius 2 is 2.26 bits per heavy atom. The number of hydrogen-bond donors (Lipinski definition) is 0. The summed E-state index contributed by atoms with van der Waals surface area (Å²) in [6, 6.07) is 7.34. The van der Waals surface area contributed by atoms with Gasteiger partial charge >= 0.3 is 5.97 Å². The van der Waals surface area contributed by atoms with Gasteiger partial charge in [0.2, 0.25) is 5.76 Å². The Morgan fingerprint density at radius 1 is 1.39 bits per heavy atom. The Balaban J connectivity index is 1.43. The summed E-state index contributed by atoms with van der Waals surface area (Å²) in [5, 5.41) is 4.39. The molecule has 4 rings (SSSR count). The number of hydrogen-bond acceptors (Lipinski definition) is 8. The molecule has 0 saturated carbocycles.